The van der Waals surface area contributed by atoms with E-state index in [0.717, 1.165) is 38.5 Å². The van der Waals surface area contributed by atoms with E-state index in [-0.39, 0.29) is 64.2 Å². The summed E-state index contributed by atoms with van der Waals surface area (Å²) in [5.74, 6) is 0. The Morgan fingerprint density at radius 2 is 0.923 bits per heavy atom. The maximum atomic E-state index is 11.5. The van der Waals surface area contributed by atoms with Crippen molar-refractivity contribution in [2.45, 2.75) is 128 Å². The first kappa shape index (κ1) is 29.7. The van der Waals surface area contributed by atoms with Gasteiger partial charge in [0.2, 0.25) is 0 Å². The van der Waals surface area contributed by atoms with Crippen LogP contribution in [0, 0.1) is 0 Å². The molecule has 0 spiro atoms. The van der Waals surface area contributed by atoms with Gasteiger partial charge in [-0.15, -0.1) is 0 Å². The average Bonchev–Trinajstić information content (AvgIpc) is 2.55. The minimum absolute atomic E-state index is 0. The van der Waals surface area contributed by atoms with Crippen LogP contribution in [0.25, 0.3) is 0 Å². The van der Waals surface area contributed by atoms with Crippen molar-refractivity contribution in [3.05, 3.63) is 0 Å². The molecule has 0 saturated heterocycles. The fraction of sp³-hybridized carbons (Fsp3) is 1.00. The zero-order valence-corrected chi connectivity index (χ0v) is 21.5. The summed E-state index contributed by atoms with van der Waals surface area (Å²) < 4.78 is 34.5. The maximum Gasteiger partial charge on any atom is 1.00 e. The molecule has 0 heterocycles. The van der Waals surface area contributed by atoms with E-state index >= 15 is 0 Å². The molecule has 0 amide bonds. The Bertz CT molecular complexity index is 401. The van der Waals surface area contributed by atoms with Crippen molar-refractivity contribution in [2.24, 2.45) is 0 Å². The molecule has 1 atom stereocenters. The SMILES string of the molecule is CCCCCCCCCCC(O)(CCCCCCCCC)S(=O)(=O)[O-].[K+]. The van der Waals surface area contributed by atoms with Crippen LogP contribution in [0.3, 0.4) is 0 Å². The number of hydrogen-bond acceptors (Lipinski definition) is 4. The van der Waals surface area contributed by atoms with Crippen LogP contribution in [0.2, 0.25) is 0 Å². The first-order valence-electron chi connectivity index (χ1n) is 10.5. The van der Waals surface area contributed by atoms with Crippen LogP contribution < -0.4 is 51.4 Å². The van der Waals surface area contributed by atoms with Crippen LogP contribution in [0.1, 0.15) is 123 Å². The normalized spacial score (nSPS) is 14.0. The fourth-order valence-electron chi connectivity index (χ4n) is 3.27. The molecule has 152 valence electrons. The predicted octanol–water partition coefficient (Wildman–Crippen LogP) is 2.90. The van der Waals surface area contributed by atoms with Crippen molar-refractivity contribution in [1.82, 2.24) is 0 Å². The van der Waals surface area contributed by atoms with Gasteiger partial charge in [0.05, 0.1) is 0 Å². The summed E-state index contributed by atoms with van der Waals surface area (Å²) in [5.41, 5.74) is 0. The zero-order valence-electron chi connectivity index (χ0n) is 17.6. The number of aliphatic hydroxyl groups is 1. The number of rotatable bonds is 18. The van der Waals surface area contributed by atoms with E-state index in [0.29, 0.717) is 12.8 Å². The second-order valence-corrected chi connectivity index (χ2v) is 9.16. The monoisotopic (exact) mass is 416 g/mol. The van der Waals surface area contributed by atoms with Crippen LogP contribution in [-0.4, -0.2) is 23.0 Å². The molecular formula is C20H41KO4S. The Balaban J connectivity index is 0. The predicted molar refractivity (Wildman–Crippen MR) is 104 cm³/mol. The van der Waals surface area contributed by atoms with Crippen molar-refractivity contribution in [3.8, 4) is 0 Å². The van der Waals surface area contributed by atoms with Gasteiger partial charge in [0, 0.05) is 0 Å². The van der Waals surface area contributed by atoms with Gasteiger partial charge in [0.25, 0.3) is 0 Å². The topological polar surface area (TPSA) is 77.4 Å². The Morgan fingerprint density at radius 3 is 1.19 bits per heavy atom. The minimum Gasteiger partial charge on any atom is -0.746 e. The van der Waals surface area contributed by atoms with Crippen LogP contribution in [0.15, 0.2) is 0 Å². The summed E-state index contributed by atoms with van der Waals surface area (Å²) in [6.07, 6.45) is 16.2. The molecule has 1 N–H and O–H groups in total. The Hall–Kier alpha value is 1.51. The molecule has 0 aromatic carbocycles. The second-order valence-electron chi connectivity index (χ2n) is 7.50. The van der Waals surface area contributed by atoms with Crippen LogP contribution in [-0.2, 0) is 10.1 Å². The van der Waals surface area contributed by atoms with E-state index in [1.807, 2.05) is 0 Å². The first-order chi connectivity index (χ1) is 11.9. The fourth-order valence-corrected chi connectivity index (χ4v) is 4.06. The molecule has 0 aromatic rings. The maximum absolute atomic E-state index is 11.5. The third-order valence-corrected chi connectivity index (χ3v) is 6.40. The van der Waals surface area contributed by atoms with Crippen molar-refractivity contribution in [1.29, 1.82) is 0 Å². The zero-order chi connectivity index (χ0) is 19.0. The molecule has 0 bridgehead atoms. The molecule has 26 heavy (non-hydrogen) atoms. The molecule has 0 aliphatic heterocycles. The van der Waals surface area contributed by atoms with Crippen molar-refractivity contribution in [3.63, 3.8) is 0 Å². The summed E-state index contributed by atoms with van der Waals surface area (Å²) in [7, 11) is -4.67. The molecular weight excluding hydrogens is 375 g/mol. The molecule has 6 heteroatoms. The van der Waals surface area contributed by atoms with Crippen molar-refractivity contribution < 1.29 is 69.5 Å². The van der Waals surface area contributed by atoms with E-state index in [1.54, 1.807) is 0 Å². The molecule has 0 saturated carbocycles. The van der Waals surface area contributed by atoms with Gasteiger partial charge < -0.3 is 9.66 Å². The van der Waals surface area contributed by atoms with E-state index in [2.05, 4.69) is 13.8 Å². The van der Waals surface area contributed by atoms with Crippen LogP contribution in [0.5, 0.6) is 0 Å². The summed E-state index contributed by atoms with van der Waals surface area (Å²) in [6, 6.07) is 0. The second kappa shape index (κ2) is 18.5. The Labute approximate surface area is 205 Å². The van der Waals surface area contributed by atoms with Gasteiger partial charge in [0.15, 0.2) is 4.93 Å². The van der Waals surface area contributed by atoms with E-state index in [1.165, 1.54) is 44.9 Å². The summed E-state index contributed by atoms with van der Waals surface area (Å²) in [4.78, 5) is -2.06. The van der Waals surface area contributed by atoms with Gasteiger partial charge in [-0.3, -0.25) is 0 Å². The molecule has 0 aromatic heterocycles. The summed E-state index contributed by atoms with van der Waals surface area (Å²) in [5, 5.41) is 10.4. The van der Waals surface area contributed by atoms with Gasteiger partial charge in [-0.1, -0.05) is 97.3 Å². The molecule has 1 unspecified atom stereocenters. The Morgan fingerprint density at radius 1 is 0.654 bits per heavy atom. The van der Waals surface area contributed by atoms with Gasteiger partial charge in [-0.25, -0.2) is 8.42 Å². The summed E-state index contributed by atoms with van der Waals surface area (Å²) in [6.45, 7) is 4.36. The van der Waals surface area contributed by atoms with E-state index in [4.69, 9.17) is 0 Å². The van der Waals surface area contributed by atoms with E-state index < -0.39 is 15.1 Å². The molecule has 0 radical (unpaired) electrons. The van der Waals surface area contributed by atoms with Crippen LogP contribution in [0.4, 0.5) is 0 Å². The van der Waals surface area contributed by atoms with Crippen molar-refractivity contribution >= 4 is 10.1 Å². The molecule has 0 rings (SSSR count). The minimum atomic E-state index is -4.67. The third kappa shape index (κ3) is 15.4. The standard InChI is InChI=1S/C20H42O4S.K/c1-3-5-7-9-11-13-15-17-19-20(21,25(22,23)24)18-16-14-12-10-8-6-4-2;/h21H,3-19H2,1-2H3,(H,22,23,24);/q;+1/p-1. The largest absolute Gasteiger partial charge is 1.00 e. The van der Waals surface area contributed by atoms with Gasteiger partial charge in [-0.2, -0.15) is 0 Å². The van der Waals surface area contributed by atoms with Gasteiger partial charge in [-0.05, 0) is 25.7 Å². The van der Waals surface area contributed by atoms with Crippen molar-refractivity contribution in [2.75, 3.05) is 0 Å². The quantitative estimate of drug-likeness (QED) is 0.212. The number of unbranched alkanes of at least 4 members (excludes halogenated alkanes) is 13. The smallest absolute Gasteiger partial charge is 0.746 e. The Kier molecular flexibility index (Phi) is 21.2. The molecule has 0 aliphatic rings. The number of hydrogen-bond donors (Lipinski definition) is 1. The third-order valence-electron chi connectivity index (χ3n) is 5.06. The van der Waals surface area contributed by atoms with Crippen LogP contribution >= 0.6 is 0 Å². The first-order valence-corrected chi connectivity index (χ1v) is 12.0. The van der Waals surface area contributed by atoms with Gasteiger partial charge in [0.1, 0.15) is 10.1 Å². The summed E-state index contributed by atoms with van der Waals surface area (Å²) >= 11 is 0. The van der Waals surface area contributed by atoms with Gasteiger partial charge >= 0.3 is 51.4 Å². The van der Waals surface area contributed by atoms with E-state index in [9.17, 15) is 18.1 Å². The molecule has 0 fully saturated rings. The average molecular weight is 417 g/mol. The molecule has 0 aliphatic carbocycles. The molecule has 4 nitrogen and oxygen atoms in total.